The van der Waals surface area contributed by atoms with Crippen LogP contribution in [0, 0.1) is 5.92 Å². The lowest BCUT2D eigenvalue weighted by Crippen LogP contribution is -2.58. The number of nitrogens with one attached hydrogen (secondary N) is 3. The quantitative estimate of drug-likeness (QED) is 0.323. The number of ether oxygens (including phenoxy) is 2. The van der Waals surface area contributed by atoms with Gasteiger partial charge in [-0.3, -0.25) is 19.1 Å². The number of allylic oxidation sites excluding steroid dienone is 1. The number of fused-ring (bicyclic) bond motifs is 5. The second kappa shape index (κ2) is 13.3. The second-order valence-electron chi connectivity index (χ2n) is 15.3. The van der Waals surface area contributed by atoms with Crippen molar-refractivity contribution in [2.45, 2.75) is 112 Å². The number of methoxy groups -OCH3 is 1. The fraction of sp³-hybridized carbons (Fsp3) is 0.583. The van der Waals surface area contributed by atoms with Gasteiger partial charge in [-0.2, -0.15) is 13.2 Å². The van der Waals surface area contributed by atoms with Gasteiger partial charge >= 0.3 is 12.3 Å². The minimum atomic E-state index is -4.94. The molecule has 2 aliphatic carbocycles. The van der Waals surface area contributed by atoms with Crippen molar-refractivity contribution in [1.82, 2.24) is 25.2 Å². The first-order chi connectivity index (χ1) is 25.4. The number of halogens is 3. The number of sulfonamides is 1. The summed E-state index contributed by atoms with van der Waals surface area (Å²) < 4.78 is 82.6. The number of carboxylic acid groups (broad SMARTS) is 1. The van der Waals surface area contributed by atoms with Crippen LogP contribution in [0.25, 0.3) is 10.9 Å². The third kappa shape index (κ3) is 6.81. The standard InChI is InChI=1S/C36H42F3N5O9S/c1-33(14-15-33)54(50,51)43-31(47)35-17-20(35)8-6-4-3-5-7-9-25(41-32(48)49)30(46)44-19-34(18-26(44)29(45)42-35)13-12-22-23-16-21(52-2)10-11-24(23)40-28(27(22)53-34)36(37,38)39/h6,8,10-11,16,20,25-26,41H,3-5,7,9,12-15,17-19H2,1-2H3,(H,42,45)(H,43,47)(H,48,49)/b8-6-/t20-,25+,26+,34-,35-/m1/s1. The van der Waals surface area contributed by atoms with E-state index in [4.69, 9.17) is 9.47 Å². The molecule has 2 saturated carbocycles. The molecule has 4 N–H and O–H groups in total. The Kier molecular flexibility index (Phi) is 9.29. The Balaban J connectivity index is 1.27. The summed E-state index contributed by atoms with van der Waals surface area (Å²) in [6.07, 6.45) is 0.254. The highest BCUT2D eigenvalue weighted by Crippen LogP contribution is 2.50. The van der Waals surface area contributed by atoms with Crippen molar-refractivity contribution < 1.29 is 55.3 Å². The van der Waals surface area contributed by atoms with E-state index in [2.05, 4.69) is 20.3 Å². The van der Waals surface area contributed by atoms with Gasteiger partial charge in [0.05, 0.1) is 23.9 Å². The number of hydrogen-bond acceptors (Lipinski definition) is 9. The Morgan fingerprint density at radius 2 is 1.89 bits per heavy atom. The number of hydrogen-bond donors (Lipinski definition) is 4. The predicted octanol–water partition coefficient (Wildman–Crippen LogP) is 3.96. The van der Waals surface area contributed by atoms with Crippen molar-refractivity contribution in [1.29, 1.82) is 0 Å². The van der Waals surface area contributed by atoms with E-state index < -0.39 is 85.3 Å². The van der Waals surface area contributed by atoms with Crippen molar-refractivity contribution in [3.05, 3.63) is 41.6 Å². The molecule has 0 bridgehead atoms. The molecule has 2 aromatic rings. The van der Waals surface area contributed by atoms with E-state index >= 15 is 0 Å². The number of carbonyl (C=O) groups excluding carboxylic acids is 3. The van der Waals surface area contributed by atoms with Crippen LogP contribution < -0.4 is 24.8 Å². The highest BCUT2D eigenvalue weighted by molar-refractivity contribution is 7.91. The van der Waals surface area contributed by atoms with Gasteiger partial charge in [-0.1, -0.05) is 25.0 Å². The largest absolute Gasteiger partial charge is 0.497 e. The molecule has 1 aromatic carbocycles. The molecular formula is C36H42F3N5O9S. The zero-order valence-electron chi connectivity index (χ0n) is 29.8. The molecule has 0 unspecified atom stereocenters. The summed E-state index contributed by atoms with van der Waals surface area (Å²) in [6.45, 7) is 1.15. The van der Waals surface area contributed by atoms with Crippen molar-refractivity contribution >= 4 is 44.7 Å². The van der Waals surface area contributed by atoms with Crippen LogP contribution in [0.4, 0.5) is 18.0 Å². The van der Waals surface area contributed by atoms with Gasteiger partial charge in [0, 0.05) is 23.3 Å². The van der Waals surface area contributed by atoms with Crippen LogP contribution in [0.1, 0.15) is 82.4 Å². The summed E-state index contributed by atoms with van der Waals surface area (Å²) in [4.78, 5) is 59.4. The molecule has 3 aliphatic heterocycles. The molecule has 1 aromatic heterocycles. The van der Waals surface area contributed by atoms with Crippen LogP contribution in [0.3, 0.4) is 0 Å². The number of pyridine rings is 1. The van der Waals surface area contributed by atoms with E-state index in [1.54, 1.807) is 12.1 Å². The molecule has 7 rings (SSSR count). The molecule has 0 radical (unpaired) electrons. The number of aromatic nitrogens is 1. The number of nitrogens with zero attached hydrogens (tertiary/aromatic N) is 2. The Morgan fingerprint density at radius 1 is 1.13 bits per heavy atom. The van der Waals surface area contributed by atoms with E-state index in [9.17, 15) is 45.9 Å². The zero-order chi connectivity index (χ0) is 38.8. The average molecular weight is 778 g/mol. The molecular weight excluding hydrogens is 735 g/mol. The molecule has 292 valence electrons. The number of amides is 4. The molecule has 1 saturated heterocycles. The van der Waals surface area contributed by atoms with Gasteiger partial charge in [0.1, 0.15) is 29.0 Å². The van der Waals surface area contributed by atoms with Gasteiger partial charge in [0.2, 0.25) is 21.8 Å². The minimum Gasteiger partial charge on any atom is -0.497 e. The smallest absolute Gasteiger partial charge is 0.437 e. The monoisotopic (exact) mass is 777 g/mol. The molecule has 5 atom stereocenters. The maximum absolute atomic E-state index is 14.6. The van der Waals surface area contributed by atoms with Crippen LogP contribution in [0.2, 0.25) is 0 Å². The Labute approximate surface area is 309 Å². The first-order valence-corrected chi connectivity index (χ1v) is 19.5. The summed E-state index contributed by atoms with van der Waals surface area (Å²) in [5.74, 6) is -3.26. The summed E-state index contributed by atoms with van der Waals surface area (Å²) in [5.41, 5.74) is -4.18. The van der Waals surface area contributed by atoms with Crippen LogP contribution in [-0.4, -0.2) is 88.8 Å². The summed E-state index contributed by atoms with van der Waals surface area (Å²) >= 11 is 0. The first-order valence-electron chi connectivity index (χ1n) is 18.0. The molecule has 5 aliphatic rings. The molecule has 3 fully saturated rings. The van der Waals surface area contributed by atoms with Crippen LogP contribution >= 0.6 is 0 Å². The lowest BCUT2D eigenvalue weighted by atomic mass is 9.87. The van der Waals surface area contributed by atoms with Gasteiger partial charge in [0.25, 0.3) is 5.91 Å². The van der Waals surface area contributed by atoms with E-state index in [-0.39, 0.29) is 49.7 Å². The van der Waals surface area contributed by atoms with E-state index in [1.165, 1.54) is 26.2 Å². The van der Waals surface area contributed by atoms with Crippen molar-refractivity contribution in [3.63, 3.8) is 0 Å². The molecule has 4 amide bonds. The number of rotatable bonds is 5. The SMILES string of the molecule is COc1ccc2nc(C(F)(F)F)c3c(c2c1)CC[C@]1(C[C@H]2C(=O)N[C@]4(C(=O)NS(=O)(=O)C5(C)CC5)C[C@H]4/C=C\CCCCC[C@H](NC(=O)O)C(=O)N2C1)O3. The first kappa shape index (κ1) is 37.7. The third-order valence-corrected chi connectivity index (χ3v) is 13.7. The second-order valence-corrected chi connectivity index (χ2v) is 17.5. The molecule has 14 nitrogen and oxygen atoms in total. The van der Waals surface area contributed by atoms with E-state index in [0.29, 0.717) is 49.7 Å². The Morgan fingerprint density at radius 3 is 2.57 bits per heavy atom. The van der Waals surface area contributed by atoms with Crippen molar-refractivity contribution in [2.75, 3.05) is 13.7 Å². The topological polar surface area (TPSA) is 193 Å². The number of aryl methyl sites for hydroxylation is 1. The van der Waals surface area contributed by atoms with Gasteiger partial charge in [-0.25, -0.2) is 18.2 Å². The molecule has 1 spiro atoms. The lowest BCUT2D eigenvalue weighted by molar-refractivity contribution is -0.144. The number of benzene rings is 1. The fourth-order valence-electron chi connectivity index (χ4n) is 7.98. The zero-order valence-corrected chi connectivity index (χ0v) is 30.6. The van der Waals surface area contributed by atoms with Crippen LogP contribution in [0.15, 0.2) is 30.4 Å². The lowest BCUT2D eigenvalue weighted by Gasteiger charge is -2.37. The summed E-state index contributed by atoms with van der Waals surface area (Å²) in [5, 5.41) is 15.0. The fourth-order valence-corrected chi connectivity index (χ4v) is 9.29. The van der Waals surface area contributed by atoms with Gasteiger partial charge in [-0.05, 0) is 76.5 Å². The number of alkyl halides is 3. The average Bonchev–Trinajstić information content (AvgIpc) is 4.00. The Bertz CT molecular complexity index is 2060. The Hall–Kier alpha value is -4.61. The molecule has 18 heteroatoms. The normalized spacial score (nSPS) is 30.0. The molecule has 4 heterocycles. The highest BCUT2D eigenvalue weighted by atomic mass is 32.2. The maximum atomic E-state index is 14.6. The highest BCUT2D eigenvalue weighted by Gasteiger charge is 2.64. The van der Waals surface area contributed by atoms with E-state index in [1.807, 2.05) is 6.08 Å². The summed E-state index contributed by atoms with van der Waals surface area (Å²) in [7, 11) is -2.67. The molecule has 54 heavy (non-hydrogen) atoms. The van der Waals surface area contributed by atoms with Crippen molar-refractivity contribution in [2.24, 2.45) is 5.92 Å². The van der Waals surface area contributed by atoms with Crippen LogP contribution in [-0.2, 0) is 37.0 Å². The maximum Gasteiger partial charge on any atom is 0.437 e. The van der Waals surface area contributed by atoms with Gasteiger partial charge < -0.3 is 30.1 Å². The van der Waals surface area contributed by atoms with Gasteiger partial charge in [0.15, 0.2) is 11.4 Å². The summed E-state index contributed by atoms with van der Waals surface area (Å²) in [6, 6.07) is 1.77. The van der Waals surface area contributed by atoms with E-state index in [0.717, 1.165) is 4.90 Å². The third-order valence-electron chi connectivity index (χ3n) is 11.6. The van der Waals surface area contributed by atoms with Crippen LogP contribution in [0.5, 0.6) is 11.5 Å². The van der Waals surface area contributed by atoms with Gasteiger partial charge in [-0.15, -0.1) is 0 Å². The predicted molar refractivity (Wildman–Crippen MR) is 186 cm³/mol. The number of carbonyl (C=O) groups is 4. The van der Waals surface area contributed by atoms with Crippen molar-refractivity contribution in [3.8, 4) is 11.5 Å². The minimum absolute atomic E-state index is 0.0492.